The Morgan fingerprint density at radius 1 is 1.36 bits per heavy atom. The van der Waals surface area contributed by atoms with Crippen LogP contribution in [0.3, 0.4) is 0 Å². The molecule has 1 aliphatic rings. The molecule has 4 nitrogen and oxygen atoms in total. The molecule has 25 heavy (non-hydrogen) atoms. The van der Waals surface area contributed by atoms with Gasteiger partial charge in [0.25, 0.3) is 5.91 Å². The van der Waals surface area contributed by atoms with E-state index in [4.69, 9.17) is 23.2 Å². The lowest BCUT2D eigenvalue weighted by Crippen LogP contribution is -2.48. The molecule has 0 spiro atoms. The van der Waals surface area contributed by atoms with Crippen molar-refractivity contribution < 1.29 is 4.79 Å². The van der Waals surface area contributed by atoms with Crippen LogP contribution in [-0.4, -0.2) is 30.0 Å². The van der Waals surface area contributed by atoms with E-state index in [1.807, 2.05) is 6.07 Å². The van der Waals surface area contributed by atoms with E-state index >= 15 is 0 Å². The Bertz CT molecular complexity index is 725. The van der Waals surface area contributed by atoms with Crippen LogP contribution in [0, 0.1) is 5.92 Å². The van der Waals surface area contributed by atoms with Gasteiger partial charge >= 0.3 is 0 Å². The van der Waals surface area contributed by atoms with Crippen LogP contribution in [0.5, 0.6) is 0 Å². The minimum absolute atomic E-state index is 0. The fourth-order valence-electron chi connectivity index (χ4n) is 2.64. The molecule has 2 heterocycles. The molecule has 2 atom stereocenters. The number of thiazole rings is 1. The first-order chi connectivity index (χ1) is 11.0. The van der Waals surface area contributed by atoms with Gasteiger partial charge in [-0.2, -0.15) is 0 Å². The molecule has 9 heteroatoms. The summed E-state index contributed by atoms with van der Waals surface area (Å²) in [4.78, 5) is 16.8. The number of hydrogen-bond acceptors (Lipinski definition) is 4. The molecular formula is C16H19Cl4N3OS. The highest BCUT2D eigenvalue weighted by Crippen LogP contribution is 2.32. The number of halogens is 4. The van der Waals surface area contributed by atoms with Crippen molar-refractivity contribution in [2.45, 2.75) is 19.4 Å². The Balaban J connectivity index is 0.00000156. The van der Waals surface area contributed by atoms with Gasteiger partial charge in [0.2, 0.25) is 0 Å². The van der Waals surface area contributed by atoms with Crippen molar-refractivity contribution in [3.05, 3.63) is 39.3 Å². The van der Waals surface area contributed by atoms with Crippen molar-refractivity contribution in [2.24, 2.45) is 5.92 Å². The molecule has 1 aromatic heterocycles. The molecule has 1 aliphatic heterocycles. The molecule has 1 amide bonds. The molecule has 0 bridgehead atoms. The predicted molar refractivity (Wildman–Crippen MR) is 110 cm³/mol. The second kappa shape index (κ2) is 9.95. The fourth-order valence-corrected chi connectivity index (χ4v) is 4.03. The number of hydrogen-bond donors (Lipinski definition) is 2. The summed E-state index contributed by atoms with van der Waals surface area (Å²) in [6.07, 6.45) is 0.937. The lowest BCUT2D eigenvalue weighted by Gasteiger charge is -2.29. The first-order valence-corrected chi connectivity index (χ1v) is 9.10. The van der Waals surface area contributed by atoms with Crippen LogP contribution >= 0.6 is 59.4 Å². The average molecular weight is 443 g/mol. The van der Waals surface area contributed by atoms with E-state index in [1.165, 1.54) is 11.3 Å². The van der Waals surface area contributed by atoms with Crippen molar-refractivity contribution in [3.8, 4) is 10.6 Å². The van der Waals surface area contributed by atoms with Gasteiger partial charge in [-0.25, -0.2) is 4.98 Å². The summed E-state index contributed by atoms with van der Waals surface area (Å²) in [6.45, 7) is 3.99. The molecule has 1 fully saturated rings. The molecule has 0 aliphatic carbocycles. The van der Waals surface area contributed by atoms with Crippen molar-refractivity contribution >= 4 is 65.3 Å². The van der Waals surface area contributed by atoms with Gasteiger partial charge < -0.3 is 10.6 Å². The molecule has 0 saturated carbocycles. The molecule has 2 N–H and O–H groups in total. The fraction of sp³-hybridized carbons (Fsp3) is 0.375. The van der Waals surface area contributed by atoms with E-state index in [1.54, 1.807) is 17.5 Å². The number of aromatic nitrogens is 1. The molecule has 1 saturated heterocycles. The summed E-state index contributed by atoms with van der Waals surface area (Å²) in [5.41, 5.74) is 1.22. The maximum Gasteiger partial charge on any atom is 0.271 e. The topological polar surface area (TPSA) is 54.0 Å². The number of rotatable bonds is 3. The largest absolute Gasteiger partial charge is 0.348 e. The number of carbonyl (C=O) groups excluding carboxylic acids is 1. The number of nitrogens with zero attached hydrogens (tertiary/aromatic N) is 1. The van der Waals surface area contributed by atoms with Crippen LogP contribution in [0.25, 0.3) is 10.6 Å². The van der Waals surface area contributed by atoms with Gasteiger partial charge in [0.05, 0.1) is 5.02 Å². The van der Waals surface area contributed by atoms with Gasteiger partial charge in [-0.05, 0) is 43.6 Å². The first-order valence-electron chi connectivity index (χ1n) is 7.47. The van der Waals surface area contributed by atoms with Gasteiger partial charge in [-0.15, -0.1) is 36.2 Å². The van der Waals surface area contributed by atoms with Crippen molar-refractivity contribution in [2.75, 3.05) is 13.1 Å². The number of piperidine rings is 1. The van der Waals surface area contributed by atoms with Crippen LogP contribution in [0.2, 0.25) is 10.0 Å². The first kappa shape index (κ1) is 22.5. The summed E-state index contributed by atoms with van der Waals surface area (Å²) in [6, 6.07) is 5.45. The average Bonchev–Trinajstić information content (AvgIpc) is 2.99. The highest BCUT2D eigenvalue weighted by Gasteiger charge is 2.24. The maximum absolute atomic E-state index is 12.4. The third-order valence-electron chi connectivity index (χ3n) is 4.00. The standard InChI is InChI=1S/C16H17Cl2N3OS.2ClH/c1-9-7-19-5-4-13(9)20-15(22)14-8-23-16(21-14)11-3-2-10(17)6-12(11)18;;/h2-3,6,8-9,13,19H,4-5,7H2,1H3,(H,20,22);2*1H. The Labute approximate surface area is 173 Å². The van der Waals surface area contributed by atoms with Gasteiger partial charge in [-0.1, -0.05) is 30.1 Å². The van der Waals surface area contributed by atoms with Gasteiger partial charge in [-0.3, -0.25) is 4.79 Å². The van der Waals surface area contributed by atoms with E-state index in [2.05, 4.69) is 22.5 Å². The summed E-state index contributed by atoms with van der Waals surface area (Å²) < 4.78 is 0. The third kappa shape index (κ3) is 5.46. The van der Waals surface area contributed by atoms with E-state index < -0.39 is 0 Å². The highest BCUT2D eigenvalue weighted by molar-refractivity contribution is 7.13. The zero-order valence-corrected chi connectivity index (χ0v) is 17.4. The van der Waals surface area contributed by atoms with Crippen LogP contribution in [0.4, 0.5) is 0 Å². The predicted octanol–water partition coefficient (Wildman–Crippen LogP) is 4.69. The molecule has 0 radical (unpaired) electrons. The lowest BCUT2D eigenvalue weighted by molar-refractivity contribution is 0.0910. The second-order valence-electron chi connectivity index (χ2n) is 5.71. The van der Waals surface area contributed by atoms with E-state index in [-0.39, 0.29) is 36.8 Å². The zero-order chi connectivity index (χ0) is 16.4. The molecule has 138 valence electrons. The molecule has 2 aromatic rings. The van der Waals surface area contributed by atoms with Crippen molar-refractivity contribution in [3.63, 3.8) is 0 Å². The smallest absolute Gasteiger partial charge is 0.271 e. The Kier molecular flexibility index (Phi) is 8.95. The summed E-state index contributed by atoms with van der Waals surface area (Å²) in [5, 5.41) is 10.0. The van der Waals surface area contributed by atoms with Crippen molar-refractivity contribution in [1.82, 2.24) is 15.6 Å². The van der Waals surface area contributed by atoms with Crippen LogP contribution in [0.1, 0.15) is 23.8 Å². The van der Waals surface area contributed by atoms with Crippen molar-refractivity contribution in [1.29, 1.82) is 0 Å². The number of carbonyl (C=O) groups is 1. The number of amides is 1. The highest BCUT2D eigenvalue weighted by atomic mass is 35.5. The summed E-state index contributed by atoms with van der Waals surface area (Å²) >= 11 is 13.5. The maximum atomic E-state index is 12.4. The van der Waals surface area contributed by atoms with E-state index in [0.717, 1.165) is 30.1 Å². The summed E-state index contributed by atoms with van der Waals surface area (Å²) in [5.74, 6) is 0.285. The minimum Gasteiger partial charge on any atom is -0.348 e. The number of nitrogens with one attached hydrogen (secondary N) is 2. The second-order valence-corrected chi connectivity index (χ2v) is 7.41. The Hall–Kier alpha value is -0.560. The van der Waals surface area contributed by atoms with Crippen LogP contribution < -0.4 is 10.6 Å². The van der Waals surface area contributed by atoms with Gasteiger partial charge in [0.15, 0.2) is 0 Å². The molecule has 3 rings (SSSR count). The minimum atomic E-state index is -0.128. The Morgan fingerprint density at radius 2 is 2.12 bits per heavy atom. The van der Waals surface area contributed by atoms with Gasteiger partial charge in [0.1, 0.15) is 10.7 Å². The number of benzene rings is 1. The summed E-state index contributed by atoms with van der Waals surface area (Å²) in [7, 11) is 0. The van der Waals surface area contributed by atoms with E-state index in [0.29, 0.717) is 21.7 Å². The SMILES string of the molecule is CC1CNCCC1NC(=O)c1csc(-c2ccc(Cl)cc2Cl)n1.Cl.Cl. The van der Waals surface area contributed by atoms with E-state index in [9.17, 15) is 4.79 Å². The third-order valence-corrected chi connectivity index (χ3v) is 5.42. The zero-order valence-electron chi connectivity index (χ0n) is 13.4. The molecule has 1 aromatic carbocycles. The van der Waals surface area contributed by atoms with Crippen LogP contribution in [0.15, 0.2) is 23.6 Å². The lowest BCUT2D eigenvalue weighted by atomic mass is 9.95. The normalized spacial score (nSPS) is 19.5. The quantitative estimate of drug-likeness (QED) is 0.724. The van der Waals surface area contributed by atoms with Gasteiger partial charge in [0, 0.05) is 22.0 Å². The molecule has 2 unspecified atom stereocenters. The Morgan fingerprint density at radius 3 is 2.80 bits per heavy atom. The molecular weight excluding hydrogens is 424 g/mol. The monoisotopic (exact) mass is 441 g/mol. The van der Waals surface area contributed by atoms with Crippen LogP contribution in [-0.2, 0) is 0 Å².